The highest BCUT2D eigenvalue weighted by Gasteiger charge is 2.28. The van der Waals surface area contributed by atoms with E-state index in [0.29, 0.717) is 17.4 Å². The standard InChI is InChI=1S/C24H29N5O2/c1-31-20-9-7-18(8-10-20)22-23-26-21(17-29(23)12-11-25-22)24(30)28-15-13-27(14-16-28)19-5-3-2-4-6-19/h7-12,17,19H,2-6,13-16H2,1H3. The van der Waals surface area contributed by atoms with Gasteiger partial charge in [-0.25, -0.2) is 4.98 Å². The first-order valence-corrected chi connectivity index (χ1v) is 11.2. The number of ether oxygens (including phenoxy) is 1. The van der Waals surface area contributed by atoms with Gasteiger partial charge in [0.25, 0.3) is 5.91 Å². The van der Waals surface area contributed by atoms with Crippen molar-refractivity contribution in [2.75, 3.05) is 33.3 Å². The van der Waals surface area contributed by atoms with Crippen molar-refractivity contribution in [3.05, 3.63) is 48.5 Å². The van der Waals surface area contributed by atoms with Gasteiger partial charge in [0.1, 0.15) is 17.1 Å². The summed E-state index contributed by atoms with van der Waals surface area (Å²) in [6.07, 6.45) is 12.1. The summed E-state index contributed by atoms with van der Waals surface area (Å²) >= 11 is 0. The number of carbonyl (C=O) groups excluding carboxylic acids is 1. The molecule has 0 bridgehead atoms. The first kappa shape index (κ1) is 20.0. The Kier molecular flexibility index (Phi) is 5.59. The van der Waals surface area contributed by atoms with Crippen molar-refractivity contribution >= 4 is 11.6 Å². The van der Waals surface area contributed by atoms with Gasteiger partial charge in [0.15, 0.2) is 5.65 Å². The second-order valence-electron chi connectivity index (χ2n) is 8.48. The van der Waals surface area contributed by atoms with E-state index in [0.717, 1.165) is 43.2 Å². The predicted molar refractivity (Wildman–Crippen MR) is 119 cm³/mol. The number of hydrogen-bond acceptors (Lipinski definition) is 5. The summed E-state index contributed by atoms with van der Waals surface area (Å²) in [7, 11) is 1.65. The minimum Gasteiger partial charge on any atom is -0.497 e. The van der Waals surface area contributed by atoms with Crippen LogP contribution in [0.25, 0.3) is 16.9 Å². The molecule has 2 aromatic heterocycles. The van der Waals surface area contributed by atoms with Crippen LogP contribution in [0.5, 0.6) is 5.75 Å². The van der Waals surface area contributed by atoms with E-state index >= 15 is 0 Å². The summed E-state index contributed by atoms with van der Waals surface area (Å²) in [6, 6.07) is 8.44. The van der Waals surface area contributed by atoms with Crippen LogP contribution in [0.2, 0.25) is 0 Å². The number of carbonyl (C=O) groups is 1. The van der Waals surface area contributed by atoms with Crippen molar-refractivity contribution in [2.24, 2.45) is 0 Å². The molecule has 1 aliphatic heterocycles. The van der Waals surface area contributed by atoms with E-state index in [1.165, 1.54) is 32.1 Å². The molecule has 0 N–H and O–H groups in total. The Bertz CT molecular complexity index is 1050. The molecule has 1 saturated carbocycles. The Morgan fingerprint density at radius 3 is 2.48 bits per heavy atom. The first-order valence-electron chi connectivity index (χ1n) is 11.2. The van der Waals surface area contributed by atoms with Gasteiger partial charge in [0.05, 0.1) is 7.11 Å². The van der Waals surface area contributed by atoms with Gasteiger partial charge in [0.2, 0.25) is 0 Å². The lowest BCUT2D eigenvalue weighted by atomic mass is 9.94. The fraction of sp³-hybridized carbons (Fsp3) is 0.458. The van der Waals surface area contributed by atoms with Crippen LogP contribution in [0.1, 0.15) is 42.6 Å². The van der Waals surface area contributed by atoms with Gasteiger partial charge in [0, 0.05) is 56.4 Å². The number of amides is 1. The number of piperazine rings is 1. The van der Waals surface area contributed by atoms with Crippen LogP contribution in [-0.2, 0) is 0 Å². The van der Waals surface area contributed by atoms with Gasteiger partial charge in [-0.05, 0) is 37.1 Å². The number of nitrogens with zero attached hydrogens (tertiary/aromatic N) is 5. The van der Waals surface area contributed by atoms with Crippen LogP contribution >= 0.6 is 0 Å². The number of methoxy groups -OCH3 is 1. The van der Waals surface area contributed by atoms with Gasteiger partial charge >= 0.3 is 0 Å². The van der Waals surface area contributed by atoms with E-state index in [4.69, 9.17) is 4.74 Å². The van der Waals surface area contributed by atoms with Gasteiger partial charge in [-0.2, -0.15) is 0 Å². The van der Waals surface area contributed by atoms with Crippen LogP contribution in [-0.4, -0.2) is 69.4 Å². The Morgan fingerprint density at radius 1 is 1.03 bits per heavy atom. The maximum absolute atomic E-state index is 13.2. The van der Waals surface area contributed by atoms with E-state index in [9.17, 15) is 4.79 Å². The summed E-state index contributed by atoms with van der Waals surface area (Å²) in [4.78, 5) is 26.9. The van der Waals surface area contributed by atoms with Crippen LogP contribution in [0.3, 0.4) is 0 Å². The average molecular weight is 420 g/mol. The number of benzene rings is 1. The molecule has 5 rings (SSSR count). The molecular weight excluding hydrogens is 390 g/mol. The zero-order valence-electron chi connectivity index (χ0n) is 18.0. The molecule has 7 nitrogen and oxygen atoms in total. The van der Waals surface area contributed by atoms with Crippen molar-refractivity contribution in [1.82, 2.24) is 24.2 Å². The Balaban J connectivity index is 1.33. The smallest absolute Gasteiger partial charge is 0.274 e. The lowest BCUT2D eigenvalue weighted by molar-refractivity contribution is 0.0519. The predicted octanol–water partition coefficient (Wildman–Crippen LogP) is 3.50. The molecule has 31 heavy (non-hydrogen) atoms. The maximum Gasteiger partial charge on any atom is 0.274 e. The third-order valence-corrected chi connectivity index (χ3v) is 6.65. The van der Waals surface area contributed by atoms with Crippen LogP contribution < -0.4 is 4.74 Å². The topological polar surface area (TPSA) is 63.0 Å². The van der Waals surface area contributed by atoms with Gasteiger partial charge < -0.3 is 14.0 Å². The molecule has 0 radical (unpaired) electrons. The van der Waals surface area contributed by atoms with Gasteiger partial charge in [-0.15, -0.1) is 0 Å². The molecule has 0 spiro atoms. The summed E-state index contributed by atoms with van der Waals surface area (Å²) < 4.78 is 7.13. The van der Waals surface area contributed by atoms with Crippen LogP contribution in [0, 0.1) is 0 Å². The highest BCUT2D eigenvalue weighted by molar-refractivity contribution is 5.93. The molecule has 3 heterocycles. The molecule has 7 heteroatoms. The molecule has 3 aromatic rings. The Labute approximate surface area is 182 Å². The second kappa shape index (κ2) is 8.67. The number of hydrogen-bond donors (Lipinski definition) is 0. The van der Waals surface area contributed by atoms with E-state index in [1.54, 1.807) is 13.3 Å². The lowest BCUT2D eigenvalue weighted by Gasteiger charge is -2.40. The molecule has 162 valence electrons. The number of rotatable bonds is 4. The summed E-state index contributed by atoms with van der Waals surface area (Å²) in [6.45, 7) is 3.46. The second-order valence-corrected chi connectivity index (χ2v) is 8.48. The monoisotopic (exact) mass is 419 g/mol. The van der Waals surface area contributed by atoms with Crippen molar-refractivity contribution < 1.29 is 9.53 Å². The fourth-order valence-electron chi connectivity index (χ4n) is 4.87. The number of aromatic nitrogens is 3. The molecule has 1 saturated heterocycles. The van der Waals surface area contributed by atoms with Crippen molar-refractivity contribution in [1.29, 1.82) is 0 Å². The molecule has 2 aliphatic rings. The van der Waals surface area contributed by atoms with Crippen LogP contribution in [0.15, 0.2) is 42.9 Å². The van der Waals surface area contributed by atoms with E-state index in [1.807, 2.05) is 46.0 Å². The largest absolute Gasteiger partial charge is 0.497 e. The fourth-order valence-corrected chi connectivity index (χ4v) is 4.87. The molecular formula is C24H29N5O2. The average Bonchev–Trinajstić information content (AvgIpc) is 3.29. The van der Waals surface area contributed by atoms with Gasteiger partial charge in [-0.1, -0.05) is 19.3 Å². The molecule has 0 atom stereocenters. The van der Waals surface area contributed by atoms with E-state index in [-0.39, 0.29) is 5.91 Å². The third kappa shape index (κ3) is 4.02. The molecule has 1 aliphatic carbocycles. The first-order chi connectivity index (χ1) is 15.2. The minimum absolute atomic E-state index is 0.00711. The molecule has 1 aromatic carbocycles. The zero-order valence-corrected chi connectivity index (χ0v) is 18.0. The number of imidazole rings is 1. The zero-order chi connectivity index (χ0) is 21.2. The van der Waals surface area contributed by atoms with Crippen molar-refractivity contribution in [3.8, 4) is 17.0 Å². The Morgan fingerprint density at radius 2 is 1.77 bits per heavy atom. The summed E-state index contributed by atoms with van der Waals surface area (Å²) in [5.74, 6) is 0.801. The number of fused-ring (bicyclic) bond motifs is 1. The highest BCUT2D eigenvalue weighted by Crippen LogP contribution is 2.26. The minimum atomic E-state index is 0.00711. The van der Waals surface area contributed by atoms with E-state index in [2.05, 4.69) is 14.9 Å². The Hall–Kier alpha value is -2.93. The van der Waals surface area contributed by atoms with Crippen LogP contribution in [0.4, 0.5) is 0 Å². The normalized spacial score (nSPS) is 18.4. The quantitative estimate of drug-likeness (QED) is 0.648. The van der Waals surface area contributed by atoms with Crippen molar-refractivity contribution in [3.63, 3.8) is 0 Å². The molecule has 2 fully saturated rings. The summed E-state index contributed by atoms with van der Waals surface area (Å²) in [5, 5.41) is 0. The SMILES string of the molecule is COc1ccc(-c2nccn3cc(C(=O)N4CCN(C5CCCCC5)CC4)nc23)cc1. The third-order valence-electron chi connectivity index (χ3n) is 6.65. The van der Waals surface area contributed by atoms with Crippen molar-refractivity contribution in [2.45, 2.75) is 38.1 Å². The van der Waals surface area contributed by atoms with E-state index < -0.39 is 0 Å². The molecule has 1 amide bonds. The van der Waals surface area contributed by atoms with Gasteiger partial charge in [-0.3, -0.25) is 14.7 Å². The molecule has 0 unspecified atom stereocenters. The highest BCUT2D eigenvalue weighted by atomic mass is 16.5. The summed E-state index contributed by atoms with van der Waals surface area (Å²) in [5.41, 5.74) is 2.87. The lowest BCUT2D eigenvalue weighted by Crippen LogP contribution is -2.52. The maximum atomic E-state index is 13.2.